The molecule has 1 N–H and O–H groups in total. The molecule has 0 radical (unpaired) electrons. The molecule has 182 valence electrons. The summed E-state index contributed by atoms with van der Waals surface area (Å²) in [6, 6.07) is 16.3. The Hall–Kier alpha value is -2.70. The smallest absolute Gasteiger partial charge is 0.254 e. The van der Waals surface area contributed by atoms with Gasteiger partial charge in [0.1, 0.15) is 0 Å². The number of benzene rings is 2. The normalized spacial score (nSPS) is 21.0. The zero-order valence-electron chi connectivity index (χ0n) is 21.0. The van der Waals surface area contributed by atoms with Crippen LogP contribution in [0.25, 0.3) is 0 Å². The zero-order valence-corrected chi connectivity index (χ0v) is 21.0. The third-order valence-electron chi connectivity index (χ3n) is 7.28. The fourth-order valence-corrected chi connectivity index (χ4v) is 5.59. The van der Waals surface area contributed by atoms with E-state index in [-0.39, 0.29) is 17.9 Å². The molecule has 0 bridgehead atoms. The summed E-state index contributed by atoms with van der Waals surface area (Å²) in [5.74, 6) is 1.31. The third-order valence-corrected chi connectivity index (χ3v) is 7.28. The minimum absolute atomic E-state index is 0.0104. The van der Waals surface area contributed by atoms with Crippen molar-refractivity contribution in [2.24, 2.45) is 11.8 Å². The first kappa shape index (κ1) is 24.4. The van der Waals surface area contributed by atoms with Crippen LogP contribution < -0.4 is 5.32 Å². The van der Waals surface area contributed by atoms with E-state index >= 15 is 0 Å². The lowest BCUT2D eigenvalue weighted by Crippen LogP contribution is -2.38. The van der Waals surface area contributed by atoms with Crippen LogP contribution in [0.15, 0.2) is 48.5 Å². The van der Waals surface area contributed by atoms with Gasteiger partial charge in [-0.05, 0) is 62.9 Å². The largest absolute Gasteiger partial charge is 0.348 e. The van der Waals surface area contributed by atoms with Gasteiger partial charge in [0.15, 0.2) is 0 Å². The Morgan fingerprint density at radius 3 is 2.15 bits per heavy atom. The van der Waals surface area contributed by atoms with Crippen molar-refractivity contribution in [2.75, 3.05) is 53.4 Å². The fraction of sp³-hybridized carbons (Fsp3) is 0.500. The first-order chi connectivity index (χ1) is 16.3. The average molecular weight is 463 g/mol. The highest BCUT2D eigenvalue weighted by Gasteiger charge is 2.42. The summed E-state index contributed by atoms with van der Waals surface area (Å²) in [6.07, 6.45) is 0.883. The summed E-state index contributed by atoms with van der Waals surface area (Å²) in [5.41, 5.74) is 4.15. The Morgan fingerprint density at radius 2 is 1.56 bits per heavy atom. The van der Waals surface area contributed by atoms with Crippen LogP contribution in [0.3, 0.4) is 0 Å². The highest BCUT2D eigenvalue weighted by atomic mass is 16.2. The standard InChI is InChI=1S/C28H38N4O2/c1-20-9-8-10-21(2)27(20)28(34)32-17-23-15-31(16-24(23)18-32)14-13-25(22-11-6-5-7-12-22)29-26(33)19-30(3)4/h5-12,23-25H,13-19H2,1-4H3,(H,29,33)/t23-,24?,25?/m0/s1. The highest BCUT2D eigenvalue weighted by Crippen LogP contribution is 2.33. The molecule has 2 fully saturated rings. The summed E-state index contributed by atoms with van der Waals surface area (Å²) in [7, 11) is 3.82. The number of likely N-dealkylation sites (N-methyl/N-ethyl adjacent to an activating group) is 1. The molecule has 0 aliphatic carbocycles. The molecule has 2 aliphatic heterocycles. The summed E-state index contributed by atoms with van der Waals surface area (Å²) in [6.45, 7) is 9.12. The van der Waals surface area contributed by atoms with E-state index in [0.717, 1.165) is 61.4 Å². The summed E-state index contributed by atoms with van der Waals surface area (Å²) in [5, 5.41) is 3.23. The van der Waals surface area contributed by atoms with Gasteiger partial charge in [-0.25, -0.2) is 0 Å². The van der Waals surface area contributed by atoms with E-state index in [9.17, 15) is 9.59 Å². The predicted octanol–water partition coefficient (Wildman–Crippen LogP) is 3.12. The van der Waals surface area contributed by atoms with Gasteiger partial charge in [0.05, 0.1) is 12.6 Å². The van der Waals surface area contributed by atoms with Crippen LogP contribution in [-0.2, 0) is 4.79 Å². The lowest BCUT2D eigenvalue weighted by atomic mass is 10.0. The molecule has 4 rings (SSSR count). The Labute approximate surface area is 203 Å². The first-order valence-corrected chi connectivity index (χ1v) is 12.4. The van der Waals surface area contributed by atoms with Gasteiger partial charge >= 0.3 is 0 Å². The van der Waals surface area contributed by atoms with Gasteiger partial charge < -0.3 is 20.0 Å². The monoisotopic (exact) mass is 462 g/mol. The van der Waals surface area contributed by atoms with Crippen molar-refractivity contribution in [2.45, 2.75) is 26.3 Å². The van der Waals surface area contributed by atoms with Gasteiger partial charge in [-0.1, -0.05) is 48.5 Å². The summed E-state index contributed by atoms with van der Waals surface area (Å²) in [4.78, 5) is 32.2. The average Bonchev–Trinajstić information content (AvgIpc) is 3.35. The SMILES string of the molecule is Cc1cccc(C)c1C(=O)N1CC2CN(CCC(NC(=O)CN(C)C)c3ccccc3)C[C@H]2C1. The molecule has 0 aromatic heterocycles. The Balaban J connectivity index is 1.33. The molecular weight excluding hydrogens is 424 g/mol. The molecule has 0 saturated carbocycles. The van der Waals surface area contributed by atoms with Gasteiger partial charge in [0, 0.05) is 38.3 Å². The molecule has 2 aromatic carbocycles. The number of fused-ring (bicyclic) bond motifs is 1. The summed E-state index contributed by atoms with van der Waals surface area (Å²) < 4.78 is 0. The second kappa shape index (κ2) is 10.7. The number of nitrogens with zero attached hydrogens (tertiary/aromatic N) is 3. The van der Waals surface area contributed by atoms with Gasteiger partial charge in [0.25, 0.3) is 5.91 Å². The van der Waals surface area contributed by atoms with Gasteiger partial charge in [-0.3, -0.25) is 9.59 Å². The van der Waals surface area contributed by atoms with Crippen LogP contribution in [0.4, 0.5) is 0 Å². The maximum absolute atomic E-state index is 13.2. The Kier molecular flexibility index (Phi) is 7.69. The number of amides is 2. The van der Waals surface area contributed by atoms with E-state index in [0.29, 0.717) is 18.4 Å². The van der Waals surface area contributed by atoms with Crippen LogP contribution in [0, 0.1) is 25.7 Å². The zero-order chi connectivity index (χ0) is 24.2. The van der Waals surface area contributed by atoms with E-state index in [1.165, 1.54) is 0 Å². The number of hydrogen-bond acceptors (Lipinski definition) is 4. The van der Waals surface area contributed by atoms with Crippen molar-refractivity contribution in [1.29, 1.82) is 0 Å². The van der Waals surface area contributed by atoms with Crippen LogP contribution in [0.2, 0.25) is 0 Å². The molecule has 6 nitrogen and oxygen atoms in total. The number of rotatable bonds is 8. The molecule has 2 saturated heterocycles. The van der Waals surface area contributed by atoms with Crippen molar-refractivity contribution >= 4 is 11.8 Å². The van der Waals surface area contributed by atoms with E-state index in [2.05, 4.69) is 27.2 Å². The molecular formula is C28H38N4O2. The van der Waals surface area contributed by atoms with Crippen molar-refractivity contribution < 1.29 is 9.59 Å². The fourth-order valence-electron chi connectivity index (χ4n) is 5.59. The van der Waals surface area contributed by atoms with Crippen molar-refractivity contribution in [3.05, 3.63) is 70.8 Å². The quantitative estimate of drug-likeness (QED) is 0.655. The van der Waals surface area contributed by atoms with Crippen LogP contribution in [0.5, 0.6) is 0 Å². The van der Waals surface area contributed by atoms with Crippen LogP contribution in [0.1, 0.15) is 39.5 Å². The molecule has 2 aliphatic rings. The van der Waals surface area contributed by atoms with Crippen LogP contribution >= 0.6 is 0 Å². The number of carbonyl (C=O) groups excluding carboxylic acids is 2. The summed E-state index contributed by atoms with van der Waals surface area (Å²) >= 11 is 0. The van der Waals surface area contributed by atoms with E-state index in [4.69, 9.17) is 0 Å². The molecule has 34 heavy (non-hydrogen) atoms. The minimum Gasteiger partial charge on any atom is -0.348 e. The molecule has 2 heterocycles. The number of carbonyl (C=O) groups is 2. The molecule has 6 heteroatoms. The molecule has 0 spiro atoms. The van der Waals surface area contributed by atoms with E-state index < -0.39 is 0 Å². The second-order valence-electron chi connectivity index (χ2n) is 10.3. The van der Waals surface area contributed by atoms with Crippen molar-refractivity contribution in [3.63, 3.8) is 0 Å². The lowest BCUT2D eigenvalue weighted by molar-refractivity contribution is -0.122. The topological polar surface area (TPSA) is 55.9 Å². The van der Waals surface area contributed by atoms with Gasteiger partial charge in [0.2, 0.25) is 5.91 Å². The third kappa shape index (κ3) is 5.68. The van der Waals surface area contributed by atoms with E-state index in [1.807, 2.05) is 69.2 Å². The minimum atomic E-state index is 0.0104. The molecule has 2 aromatic rings. The Morgan fingerprint density at radius 1 is 0.941 bits per heavy atom. The van der Waals surface area contributed by atoms with Gasteiger partial charge in [-0.2, -0.15) is 0 Å². The van der Waals surface area contributed by atoms with Crippen molar-refractivity contribution in [1.82, 2.24) is 20.0 Å². The molecule has 3 atom stereocenters. The van der Waals surface area contributed by atoms with E-state index in [1.54, 1.807) is 0 Å². The van der Waals surface area contributed by atoms with Crippen molar-refractivity contribution in [3.8, 4) is 0 Å². The maximum atomic E-state index is 13.2. The maximum Gasteiger partial charge on any atom is 0.254 e. The Bertz CT molecular complexity index is 972. The first-order valence-electron chi connectivity index (χ1n) is 12.4. The lowest BCUT2D eigenvalue weighted by Gasteiger charge is -2.25. The van der Waals surface area contributed by atoms with Crippen LogP contribution in [-0.4, -0.2) is 79.9 Å². The second-order valence-corrected chi connectivity index (χ2v) is 10.3. The number of aryl methyl sites for hydroxylation is 2. The molecule has 2 amide bonds. The number of likely N-dealkylation sites (tertiary alicyclic amines) is 2. The predicted molar refractivity (Wildman–Crippen MR) is 136 cm³/mol. The highest BCUT2D eigenvalue weighted by molar-refractivity contribution is 5.97. The molecule has 2 unspecified atom stereocenters. The number of hydrogen-bond donors (Lipinski definition) is 1. The van der Waals surface area contributed by atoms with Gasteiger partial charge in [-0.15, -0.1) is 0 Å². The number of nitrogens with one attached hydrogen (secondary N) is 1.